The lowest BCUT2D eigenvalue weighted by molar-refractivity contribution is 0.0912. The molecule has 0 spiro atoms. The van der Waals surface area contributed by atoms with Gasteiger partial charge in [0, 0.05) is 13.2 Å². The summed E-state index contributed by atoms with van der Waals surface area (Å²) in [6.45, 7) is 3.75. The van der Waals surface area contributed by atoms with Crippen LogP contribution in [0.5, 0.6) is 0 Å². The number of carbonyl (C=O) groups is 1. The molecule has 6 heteroatoms. The first kappa shape index (κ1) is 15.2. The van der Waals surface area contributed by atoms with Crippen LogP contribution >= 0.6 is 23.2 Å². The number of amides is 1. The Morgan fingerprint density at radius 2 is 2.17 bits per heavy atom. The maximum atomic E-state index is 11.7. The molecule has 0 aromatic carbocycles. The molecule has 1 amide bonds. The number of nitrogens with zero attached hydrogens (tertiary/aromatic N) is 1. The van der Waals surface area contributed by atoms with Crippen LogP contribution in [0.25, 0.3) is 0 Å². The van der Waals surface area contributed by atoms with Crippen LogP contribution in [0, 0.1) is 0 Å². The highest BCUT2D eigenvalue weighted by atomic mass is 35.5. The van der Waals surface area contributed by atoms with Crippen LogP contribution in [0.2, 0.25) is 10.3 Å². The molecule has 0 fully saturated rings. The summed E-state index contributed by atoms with van der Waals surface area (Å²) in [5.74, 6) is -0.275. The third-order valence-electron chi connectivity index (χ3n) is 2.23. The lowest BCUT2D eigenvalue weighted by Crippen LogP contribution is -2.27. The van der Waals surface area contributed by atoms with Crippen molar-refractivity contribution in [3.63, 3.8) is 0 Å². The highest BCUT2D eigenvalue weighted by molar-refractivity contribution is 6.34. The third-order valence-corrected chi connectivity index (χ3v) is 2.73. The van der Waals surface area contributed by atoms with Crippen LogP contribution < -0.4 is 5.32 Å². The number of aromatic nitrogens is 1. The van der Waals surface area contributed by atoms with Gasteiger partial charge in [-0.1, -0.05) is 36.5 Å². The van der Waals surface area contributed by atoms with Gasteiger partial charge in [-0.05, 0) is 18.6 Å². The van der Waals surface area contributed by atoms with E-state index in [9.17, 15) is 4.79 Å². The van der Waals surface area contributed by atoms with Crippen molar-refractivity contribution in [3.05, 3.63) is 28.0 Å². The first-order valence-electron chi connectivity index (χ1n) is 5.83. The Labute approximate surface area is 117 Å². The quantitative estimate of drug-likeness (QED) is 0.620. The molecule has 1 rings (SSSR count). The maximum absolute atomic E-state index is 11.7. The molecule has 0 saturated carbocycles. The van der Waals surface area contributed by atoms with Crippen LogP contribution in [0.4, 0.5) is 0 Å². The summed E-state index contributed by atoms with van der Waals surface area (Å²) < 4.78 is 5.33. The molecule has 0 unspecified atom stereocenters. The van der Waals surface area contributed by atoms with Crippen molar-refractivity contribution in [3.8, 4) is 0 Å². The molecule has 18 heavy (non-hydrogen) atoms. The van der Waals surface area contributed by atoms with Gasteiger partial charge in [-0.25, -0.2) is 4.98 Å². The molecule has 100 valence electrons. The summed E-state index contributed by atoms with van der Waals surface area (Å²) in [6, 6.07) is 3.07. The van der Waals surface area contributed by atoms with E-state index in [1.165, 1.54) is 6.07 Å². The maximum Gasteiger partial charge on any atom is 0.254 e. The second kappa shape index (κ2) is 8.29. The van der Waals surface area contributed by atoms with Crippen LogP contribution in [-0.4, -0.2) is 30.6 Å². The van der Waals surface area contributed by atoms with Crippen LogP contribution in [-0.2, 0) is 4.74 Å². The molecule has 0 aliphatic heterocycles. The third kappa shape index (κ3) is 5.21. The molecular formula is C12H16Cl2N2O2. The van der Waals surface area contributed by atoms with Crippen molar-refractivity contribution >= 4 is 29.1 Å². The Hall–Kier alpha value is -0.840. The number of hydrogen-bond donors (Lipinski definition) is 1. The molecule has 0 saturated heterocycles. The molecule has 1 N–H and O–H groups in total. The van der Waals surface area contributed by atoms with Gasteiger partial charge < -0.3 is 10.1 Å². The number of pyridine rings is 1. The van der Waals surface area contributed by atoms with Gasteiger partial charge in [-0.2, -0.15) is 0 Å². The second-order valence-corrected chi connectivity index (χ2v) is 4.44. The van der Waals surface area contributed by atoms with E-state index in [1.807, 2.05) is 0 Å². The van der Waals surface area contributed by atoms with E-state index in [1.54, 1.807) is 6.07 Å². The summed E-state index contributed by atoms with van der Waals surface area (Å²) in [6.07, 6.45) is 2.12. The molecule has 4 nitrogen and oxygen atoms in total. The van der Waals surface area contributed by atoms with E-state index in [0.717, 1.165) is 19.4 Å². The number of nitrogens with one attached hydrogen (secondary N) is 1. The molecule has 0 aliphatic rings. The van der Waals surface area contributed by atoms with E-state index in [0.29, 0.717) is 18.7 Å². The van der Waals surface area contributed by atoms with Crippen molar-refractivity contribution < 1.29 is 9.53 Å². The number of halogens is 2. The smallest absolute Gasteiger partial charge is 0.254 e. The van der Waals surface area contributed by atoms with Crippen molar-refractivity contribution in [1.82, 2.24) is 10.3 Å². The predicted octanol–water partition coefficient (Wildman–Crippen LogP) is 2.93. The molecule has 1 aromatic rings. The number of rotatable bonds is 7. The van der Waals surface area contributed by atoms with Gasteiger partial charge in [-0.3, -0.25) is 4.79 Å². The van der Waals surface area contributed by atoms with Crippen molar-refractivity contribution in [2.24, 2.45) is 0 Å². The lowest BCUT2D eigenvalue weighted by Gasteiger charge is -2.07. The molecule has 0 aliphatic carbocycles. The fourth-order valence-electron chi connectivity index (χ4n) is 1.26. The van der Waals surface area contributed by atoms with Crippen LogP contribution in [0.1, 0.15) is 30.1 Å². The van der Waals surface area contributed by atoms with Crippen LogP contribution in [0.3, 0.4) is 0 Å². The zero-order valence-corrected chi connectivity index (χ0v) is 11.7. The Balaban J connectivity index is 2.32. The van der Waals surface area contributed by atoms with Gasteiger partial charge in [-0.15, -0.1) is 0 Å². The summed E-state index contributed by atoms with van der Waals surface area (Å²) in [7, 11) is 0. The van der Waals surface area contributed by atoms with Gasteiger partial charge in [0.25, 0.3) is 5.91 Å². The molecule has 0 atom stereocenters. The number of hydrogen-bond acceptors (Lipinski definition) is 3. The molecule has 1 aromatic heterocycles. The Morgan fingerprint density at radius 3 is 2.83 bits per heavy atom. The van der Waals surface area contributed by atoms with E-state index in [2.05, 4.69) is 17.2 Å². The molecule has 0 bridgehead atoms. The zero-order chi connectivity index (χ0) is 13.4. The molecular weight excluding hydrogens is 275 g/mol. The minimum atomic E-state index is -0.275. The molecule has 0 radical (unpaired) electrons. The number of unbranched alkanes of at least 4 members (excludes halogenated alkanes) is 1. The van der Waals surface area contributed by atoms with Gasteiger partial charge in [0.2, 0.25) is 0 Å². The zero-order valence-electron chi connectivity index (χ0n) is 10.2. The predicted molar refractivity (Wildman–Crippen MR) is 72.3 cm³/mol. The largest absolute Gasteiger partial charge is 0.380 e. The minimum absolute atomic E-state index is 0.104. The van der Waals surface area contributed by atoms with Gasteiger partial charge in [0.05, 0.1) is 12.2 Å². The van der Waals surface area contributed by atoms with E-state index in [-0.39, 0.29) is 16.2 Å². The Kier molecular flexibility index (Phi) is 7.01. The van der Waals surface area contributed by atoms with Crippen molar-refractivity contribution in [1.29, 1.82) is 0 Å². The van der Waals surface area contributed by atoms with E-state index >= 15 is 0 Å². The standard InChI is InChI=1S/C12H16Cl2N2O2/c1-2-3-7-18-8-6-15-12(17)9-4-5-10(13)16-11(9)14/h4-5H,2-3,6-8H2,1H3,(H,15,17). The first-order chi connectivity index (χ1) is 8.65. The average molecular weight is 291 g/mol. The number of ether oxygens (including phenoxy) is 1. The lowest BCUT2D eigenvalue weighted by atomic mass is 10.2. The van der Waals surface area contributed by atoms with Crippen molar-refractivity contribution in [2.45, 2.75) is 19.8 Å². The molecule has 1 heterocycles. The monoisotopic (exact) mass is 290 g/mol. The topological polar surface area (TPSA) is 51.2 Å². The Morgan fingerprint density at radius 1 is 1.39 bits per heavy atom. The fraction of sp³-hybridized carbons (Fsp3) is 0.500. The SMILES string of the molecule is CCCCOCCNC(=O)c1ccc(Cl)nc1Cl. The number of carbonyl (C=O) groups excluding carboxylic acids is 1. The van der Waals surface area contributed by atoms with Crippen molar-refractivity contribution in [2.75, 3.05) is 19.8 Å². The van der Waals surface area contributed by atoms with E-state index in [4.69, 9.17) is 27.9 Å². The fourth-order valence-corrected chi connectivity index (χ4v) is 1.69. The first-order valence-corrected chi connectivity index (χ1v) is 6.58. The highest BCUT2D eigenvalue weighted by Crippen LogP contribution is 2.16. The second-order valence-electron chi connectivity index (χ2n) is 3.69. The summed E-state index contributed by atoms with van der Waals surface area (Å²) in [5.41, 5.74) is 0.314. The summed E-state index contributed by atoms with van der Waals surface area (Å²) in [5, 5.41) is 3.07. The summed E-state index contributed by atoms with van der Waals surface area (Å²) in [4.78, 5) is 15.5. The van der Waals surface area contributed by atoms with E-state index < -0.39 is 0 Å². The normalized spacial score (nSPS) is 10.4. The minimum Gasteiger partial charge on any atom is -0.380 e. The highest BCUT2D eigenvalue weighted by Gasteiger charge is 2.10. The van der Waals surface area contributed by atoms with Gasteiger partial charge in [0.15, 0.2) is 0 Å². The van der Waals surface area contributed by atoms with Gasteiger partial charge >= 0.3 is 0 Å². The summed E-state index contributed by atoms with van der Waals surface area (Å²) >= 11 is 11.5. The average Bonchev–Trinajstić information content (AvgIpc) is 2.33. The van der Waals surface area contributed by atoms with Gasteiger partial charge in [0.1, 0.15) is 10.3 Å². The van der Waals surface area contributed by atoms with Crippen LogP contribution in [0.15, 0.2) is 12.1 Å². The Bertz CT molecular complexity index is 400.